The van der Waals surface area contributed by atoms with Crippen LogP contribution in [0.3, 0.4) is 0 Å². The third kappa shape index (κ3) is 1.94. The van der Waals surface area contributed by atoms with Crippen LogP contribution in [0.5, 0.6) is 0 Å². The van der Waals surface area contributed by atoms with Crippen LogP contribution in [0.4, 0.5) is 11.6 Å². The Balaban J connectivity index is 2.44. The van der Waals surface area contributed by atoms with Gasteiger partial charge in [0.2, 0.25) is 0 Å². The second kappa shape index (κ2) is 3.97. The van der Waals surface area contributed by atoms with Crippen molar-refractivity contribution < 1.29 is 0 Å². The van der Waals surface area contributed by atoms with Gasteiger partial charge in [-0.1, -0.05) is 23.2 Å². The molecule has 1 aliphatic rings. The molecule has 5 heteroatoms. The Morgan fingerprint density at radius 2 is 2.06 bits per heavy atom. The van der Waals surface area contributed by atoms with Crippen LogP contribution in [0.15, 0.2) is 6.07 Å². The molecule has 0 unspecified atom stereocenters. The number of hydrogen-bond donors (Lipinski definition) is 1. The van der Waals surface area contributed by atoms with Gasteiger partial charge >= 0.3 is 0 Å². The number of rotatable bonds is 1. The van der Waals surface area contributed by atoms with Crippen LogP contribution < -0.4 is 10.6 Å². The summed E-state index contributed by atoms with van der Waals surface area (Å²) in [6, 6.07) is 1.66. The van der Waals surface area contributed by atoms with E-state index in [2.05, 4.69) is 23.7 Å². The van der Waals surface area contributed by atoms with Crippen molar-refractivity contribution >= 4 is 34.8 Å². The van der Waals surface area contributed by atoms with Gasteiger partial charge in [0.25, 0.3) is 0 Å². The molecule has 2 heterocycles. The summed E-state index contributed by atoms with van der Waals surface area (Å²) in [5, 5.41) is 0.972. The molecule has 1 aromatic rings. The van der Waals surface area contributed by atoms with Crippen molar-refractivity contribution in [3.8, 4) is 0 Å². The summed E-state index contributed by atoms with van der Waals surface area (Å²) in [6.45, 7) is 5.33. The highest BCUT2D eigenvalue weighted by Gasteiger charge is 2.34. The Labute approximate surface area is 106 Å². The number of nitrogens with two attached hydrogens (primary N) is 1. The van der Waals surface area contributed by atoms with Crippen LogP contribution in [0.1, 0.15) is 26.7 Å². The normalized spacial score (nSPS) is 19.1. The van der Waals surface area contributed by atoms with Crippen LogP contribution in [0.25, 0.3) is 0 Å². The van der Waals surface area contributed by atoms with E-state index in [-0.39, 0.29) is 5.54 Å². The highest BCUT2D eigenvalue weighted by molar-refractivity contribution is 6.37. The third-order valence-electron chi connectivity index (χ3n) is 3.09. The lowest BCUT2D eigenvalue weighted by Crippen LogP contribution is -2.39. The van der Waals surface area contributed by atoms with Crippen LogP contribution in [0.2, 0.25) is 10.0 Å². The Morgan fingerprint density at radius 3 is 2.62 bits per heavy atom. The van der Waals surface area contributed by atoms with Crippen molar-refractivity contribution in [2.24, 2.45) is 0 Å². The minimum atomic E-state index is 0.0803. The highest BCUT2D eigenvalue weighted by Crippen LogP contribution is 2.38. The van der Waals surface area contributed by atoms with Crippen LogP contribution in [0, 0.1) is 0 Å². The van der Waals surface area contributed by atoms with Crippen molar-refractivity contribution in [1.82, 2.24) is 4.98 Å². The molecule has 16 heavy (non-hydrogen) atoms. The van der Waals surface area contributed by atoms with Crippen molar-refractivity contribution in [1.29, 1.82) is 0 Å². The molecule has 0 saturated carbocycles. The van der Waals surface area contributed by atoms with Crippen molar-refractivity contribution in [2.45, 2.75) is 32.2 Å². The fourth-order valence-electron chi connectivity index (χ4n) is 2.16. The standard InChI is InChI=1S/C11H15Cl2N3/c1-11(2)4-3-5-16(11)10-8(13)6-7(12)9(14)15-10/h6H,3-5H2,1-2H3,(H2,14,15). The van der Waals surface area contributed by atoms with E-state index in [0.29, 0.717) is 15.9 Å². The smallest absolute Gasteiger partial charge is 0.150 e. The Morgan fingerprint density at radius 1 is 1.38 bits per heavy atom. The average Bonchev–Trinajstić information content (AvgIpc) is 2.52. The van der Waals surface area contributed by atoms with E-state index in [9.17, 15) is 0 Å². The van der Waals surface area contributed by atoms with E-state index in [1.165, 1.54) is 0 Å². The van der Waals surface area contributed by atoms with E-state index in [4.69, 9.17) is 28.9 Å². The lowest BCUT2D eigenvalue weighted by molar-refractivity contribution is 0.514. The molecule has 2 rings (SSSR count). The third-order valence-corrected chi connectivity index (χ3v) is 3.68. The molecule has 0 atom stereocenters. The van der Waals surface area contributed by atoms with E-state index in [1.54, 1.807) is 6.07 Å². The first-order valence-electron chi connectivity index (χ1n) is 5.31. The Hall–Kier alpha value is -0.670. The van der Waals surface area contributed by atoms with Crippen LogP contribution in [-0.4, -0.2) is 17.1 Å². The van der Waals surface area contributed by atoms with Gasteiger partial charge in [0, 0.05) is 12.1 Å². The number of nitrogen functional groups attached to an aromatic ring is 1. The number of aromatic nitrogens is 1. The number of hydrogen-bond acceptors (Lipinski definition) is 3. The lowest BCUT2D eigenvalue weighted by atomic mass is 10.0. The topological polar surface area (TPSA) is 42.2 Å². The predicted octanol–water partition coefficient (Wildman–Crippen LogP) is 3.35. The molecule has 1 aromatic heterocycles. The highest BCUT2D eigenvalue weighted by atomic mass is 35.5. The van der Waals surface area contributed by atoms with Gasteiger partial charge < -0.3 is 10.6 Å². The Bertz CT molecular complexity index is 418. The maximum atomic E-state index is 6.16. The Kier molecular flexibility index (Phi) is 2.93. The fourth-order valence-corrected chi connectivity index (χ4v) is 2.62. The van der Waals surface area contributed by atoms with E-state index in [0.717, 1.165) is 25.2 Å². The monoisotopic (exact) mass is 259 g/mol. The molecule has 88 valence electrons. The summed E-state index contributed by atoms with van der Waals surface area (Å²) in [7, 11) is 0. The van der Waals surface area contributed by atoms with Gasteiger partial charge in [-0.15, -0.1) is 0 Å². The lowest BCUT2D eigenvalue weighted by Gasteiger charge is -2.33. The second-order valence-electron chi connectivity index (χ2n) is 4.73. The quantitative estimate of drug-likeness (QED) is 0.841. The maximum Gasteiger partial charge on any atom is 0.150 e. The zero-order valence-corrected chi connectivity index (χ0v) is 10.9. The summed E-state index contributed by atoms with van der Waals surface area (Å²) < 4.78 is 0. The molecule has 0 bridgehead atoms. The summed E-state index contributed by atoms with van der Waals surface area (Å²) in [5.74, 6) is 1.08. The summed E-state index contributed by atoms with van der Waals surface area (Å²) in [5.41, 5.74) is 5.80. The minimum absolute atomic E-state index is 0.0803. The van der Waals surface area contributed by atoms with Crippen LogP contribution in [-0.2, 0) is 0 Å². The zero-order valence-electron chi connectivity index (χ0n) is 9.43. The first kappa shape index (κ1) is 11.8. The largest absolute Gasteiger partial charge is 0.382 e. The fraction of sp³-hybridized carbons (Fsp3) is 0.545. The van der Waals surface area contributed by atoms with E-state index in [1.807, 2.05) is 0 Å². The predicted molar refractivity (Wildman–Crippen MR) is 69.3 cm³/mol. The van der Waals surface area contributed by atoms with Crippen LogP contribution >= 0.6 is 23.2 Å². The van der Waals surface area contributed by atoms with Gasteiger partial charge in [0.05, 0.1) is 10.0 Å². The maximum absolute atomic E-state index is 6.16. The molecule has 0 aromatic carbocycles. The zero-order chi connectivity index (χ0) is 11.9. The van der Waals surface area contributed by atoms with Gasteiger partial charge in [-0.25, -0.2) is 4.98 Å². The van der Waals surface area contributed by atoms with Gasteiger partial charge in [-0.2, -0.15) is 0 Å². The molecular formula is C11H15Cl2N3. The molecule has 0 aliphatic carbocycles. The molecule has 1 fully saturated rings. The van der Waals surface area contributed by atoms with Gasteiger partial charge in [-0.05, 0) is 32.8 Å². The summed E-state index contributed by atoms with van der Waals surface area (Å²) in [4.78, 5) is 6.49. The molecule has 0 spiro atoms. The molecule has 2 N–H and O–H groups in total. The summed E-state index contributed by atoms with van der Waals surface area (Å²) in [6.07, 6.45) is 2.28. The molecule has 0 radical (unpaired) electrons. The van der Waals surface area contributed by atoms with Gasteiger partial charge in [0.15, 0.2) is 0 Å². The number of anilines is 2. The van der Waals surface area contributed by atoms with Gasteiger partial charge in [0.1, 0.15) is 11.6 Å². The van der Waals surface area contributed by atoms with Gasteiger partial charge in [-0.3, -0.25) is 0 Å². The molecule has 1 aliphatic heterocycles. The van der Waals surface area contributed by atoms with E-state index < -0.39 is 0 Å². The first-order chi connectivity index (χ1) is 7.42. The SMILES string of the molecule is CC1(C)CCCN1c1nc(N)c(Cl)cc1Cl. The first-order valence-corrected chi connectivity index (χ1v) is 6.06. The number of pyridine rings is 1. The molecule has 3 nitrogen and oxygen atoms in total. The van der Waals surface area contributed by atoms with Crippen molar-refractivity contribution in [2.75, 3.05) is 17.2 Å². The van der Waals surface area contributed by atoms with Crippen molar-refractivity contribution in [3.05, 3.63) is 16.1 Å². The second-order valence-corrected chi connectivity index (χ2v) is 5.54. The number of nitrogens with zero attached hydrogens (tertiary/aromatic N) is 2. The average molecular weight is 260 g/mol. The number of halogens is 2. The molecular weight excluding hydrogens is 245 g/mol. The van der Waals surface area contributed by atoms with Crippen molar-refractivity contribution in [3.63, 3.8) is 0 Å². The minimum Gasteiger partial charge on any atom is -0.382 e. The van der Waals surface area contributed by atoms with E-state index >= 15 is 0 Å². The molecule has 0 amide bonds. The molecule has 1 saturated heterocycles. The summed E-state index contributed by atoms with van der Waals surface area (Å²) >= 11 is 12.0.